The van der Waals surface area contributed by atoms with Crippen LogP contribution in [0, 0.1) is 22.7 Å². The molecule has 1 N–H and O–H groups in total. The largest absolute Gasteiger partial charge is 0.351 e. The fraction of sp³-hybridized carbons (Fsp3) is 0.353. The lowest BCUT2D eigenvalue weighted by molar-refractivity contribution is -0.128. The molecule has 2 fully saturated rings. The van der Waals surface area contributed by atoms with Gasteiger partial charge in [0.15, 0.2) is 0 Å². The van der Waals surface area contributed by atoms with Crippen LogP contribution >= 0.6 is 0 Å². The number of nitrogens with zero attached hydrogens (tertiary/aromatic N) is 5. The summed E-state index contributed by atoms with van der Waals surface area (Å²) in [5.74, 6) is -4.15. The second-order valence-corrected chi connectivity index (χ2v) is 11.3. The monoisotopic (exact) mass is 610 g/mol. The van der Waals surface area contributed by atoms with Gasteiger partial charge in [-0.05, 0) is 67.1 Å². The highest BCUT2D eigenvalue weighted by Gasteiger charge is 2.45. The third kappa shape index (κ3) is 6.68. The normalized spacial score (nSPS) is 18.5. The Bertz CT molecular complexity index is 1690. The van der Waals surface area contributed by atoms with Crippen LogP contribution in [0.3, 0.4) is 0 Å². The van der Waals surface area contributed by atoms with Crippen molar-refractivity contribution in [1.82, 2.24) is 10.3 Å². The molecule has 230 valence electrons. The molecule has 9 nitrogen and oxygen atoms in total. The topological polar surface area (TPSA) is 130 Å². The number of nitrogens with one attached hydrogen (secondary N) is 1. The van der Waals surface area contributed by atoms with Gasteiger partial charge < -0.3 is 5.32 Å². The Morgan fingerprint density at radius 2 is 1.76 bits per heavy atom. The van der Waals surface area contributed by atoms with Crippen molar-refractivity contribution in [2.75, 3.05) is 9.80 Å². The van der Waals surface area contributed by atoms with Gasteiger partial charge in [-0.25, -0.2) is 13.8 Å². The van der Waals surface area contributed by atoms with Crippen LogP contribution in [0.2, 0.25) is 0 Å². The number of amides is 3. The number of benzene rings is 2. The standard InChI is InChI=1S/C34H32F2N6O3/c1-2-24-7-3-4-9-27(24)31(32(44)40-25-12-15-34(35,36)16-13-25)41(26-8-5-6-22(18-26)20-37)33(45)28-10-11-30(43)42(28)29-19-23(21-38)14-17-39-29/h3-9,14,17-19,25,28,31H,2,10-13,15-16H2,1H3,(H,40,44). The first-order chi connectivity index (χ1) is 21.7. The summed E-state index contributed by atoms with van der Waals surface area (Å²) < 4.78 is 27.9. The van der Waals surface area contributed by atoms with Gasteiger partial charge in [0.25, 0.3) is 5.91 Å². The fourth-order valence-electron chi connectivity index (χ4n) is 6.10. The number of hydrogen-bond donors (Lipinski definition) is 1. The molecule has 2 aromatic carbocycles. The van der Waals surface area contributed by atoms with Crippen LogP contribution in [0.25, 0.3) is 0 Å². The van der Waals surface area contributed by atoms with E-state index in [9.17, 15) is 33.7 Å². The molecule has 1 aromatic heterocycles. The molecule has 1 saturated carbocycles. The van der Waals surface area contributed by atoms with E-state index < -0.39 is 35.9 Å². The van der Waals surface area contributed by atoms with Crippen molar-refractivity contribution in [3.8, 4) is 12.1 Å². The van der Waals surface area contributed by atoms with E-state index in [4.69, 9.17) is 0 Å². The van der Waals surface area contributed by atoms with Crippen LogP contribution in [0.15, 0.2) is 66.9 Å². The number of carbonyl (C=O) groups is 3. The van der Waals surface area contributed by atoms with Gasteiger partial charge in [-0.2, -0.15) is 10.5 Å². The number of aromatic nitrogens is 1. The number of aryl methyl sites for hydroxylation is 1. The average molecular weight is 611 g/mol. The number of alkyl halides is 2. The lowest BCUT2D eigenvalue weighted by Gasteiger charge is -2.37. The number of pyridine rings is 1. The third-order valence-electron chi connectivity index (χ3n) is 8.41. The van der Waals surface area contributed by atoms with Crippen molar-refractivity contribution in [3.63, 3.8) is 0 Å². The smallest absolute Gasteiger partial charge is 0.251 e. The minimum atomic E-state index is -2.79. The zero-order valence-electron chi connectivity index (χ0n) is 24.7. The van der Waals surface area contributed by atoms with Crippen LogP contribution in [0.5, 0.6) is 0 Å². The number of carbonyl (C=O) groups excluding carboxylic acids is 3. The summed E-state index contributed by atoms with van der Waals surface area (Å²) >= 11 is 0. The number of hydrogen-bond acceptors (Lipinski definition) is 6. The Hall–Kier alpha value is -5.16. The first-order valence-electron chi connectivity index (χ1n) is 14.9. The maximum Gasteiger partial charge on any atom is 0.251 e. The Kier molecular flexibility index (Phi) is 9.19. The predicted molar refractivity (Wildman–Crippen MR) is 162 cm³/mol. The minimum absolute atomic E-state index is 0.0413. The molecular weight excluding hydrogens is 578 g/mol. The number of halogens is 2. The van der Waals surface area contributed by atoms with Gasteiger partial charge in [-0.3, -0.25) is 24.2 Å². The molecule has 0 radical (unpaired) electrons. The molecule has 2 heterocycles. The average Bonchev–Trinajstić information content (AvgIpc) is 3.45. The van der Waals surface area contributed by atoms with Gasteiger partial charge in [-0.15, -0.1) is 0 Å². The second kappa shape index (κ2) is 13.2. The van der Waals surface area contributed by atoms with E-state index >= 15 is 0 Å². The van der Waals surface area contributed by atoms with E-state index in [1.165, 1.54) is 34.2 Å². The van der Waals surface area contributed by atoms with Crippen LogP contribution in [-0.4, -0.2) is 40.7 Å². The summed E-state index contributed by atoms with van der Waals surface area (Å²) in [6.45, 7) is 1.92. The van der Waals surface area contributed by atoms with E-state index in [0.717, 1.165) is 5.56 Å². The summed E-state index contributed by atoms with van der Waals surface area (Å²) in [4.78, 5) is 49.2. The van der Waals surface area contributed by atoms with Crippen molar-refractivity contribution in [1.29, 1.82) is 10.5 Å². The van der Waals surface area contributed by atoms with E-state index in [1.54, 1.807) is 30.3 Å². The third-order valence-corrected chi connectivity index (χ3v) is 8.41. The summed E-state index contributed by atoms with van der Waals surface area (Å²) in [5, 5.41) is 22.1. The number of rotatable bonds is 8. The second-order valence-electron chi connectivity index (χ2n) is 11.3. The van der Waals surface area contributed by atoms with Crippen molar-refractivity contribution >= 4 is 29.2 Å². The Labute approximate surface area is 260 Å². The van der Waals surface area contributed by atoms with E-state index in [-0.39, 0.29) is 67.1 Å². The maximum absolute atomic E-state index is 14.8. The first-order valence-corrected chi connectivity index (χ1v) is 14.9. The van der Waals surface area contributed by atoms with Crippen LogP contribution in [-0.2, 0) is 20.8 Å². The molecule has 11 heteroatoms. The maximum atomic E-state index is 14.8. The molecule has 1 saturated heterocycles. The van der Waals surface area contributed by atoms with Crippen molar-refractivity contribution in [3.05, 3.63) is 89.1 Å². The van der Waals surface area contributed by atoms with Gasteiger partial charge in [0, 0.05) is 37.2 Å². The highest BCUT2D eigenvalue weighted by Crippen LogP contribution is 2.37. The van der Waals surface area contributed by atoms with Crippen LogP contribution in [0.1, 0.15) is 73.7 Å². The molecule has 3 aromatic rings. The van der Waals surface area contributed by atoms with Crippen LogP contribution < -0.4 is 15.1 Å². The zero-order chi connectivity index (χ0) is 32.1. The molecule has 3 amide bonds. The van der Waals surface area contributed by atoms with Crippen LogP contribution in [0.4, 0.5) is 20.3 Å². The molecule has 2 unspecified atom stereocenters. The zero-order valence-corrected chi connectivity index (χ0v) is 24.7. The van der Waals surface area contributed by atoms with Gasteiger partial charge in [0.1, 0.15) is 17.9 Å². The highest BCUT2D eigenvalue weighted by molar-refractivity contribution is 6.10. The first kappa shape index (κ1) is 31.3. The van der Waals surface area contributed by atoms with Crippen molar-refractivity contribution < 1.29 is 23.2 Å². The fourth-order valence-corrected chi connectivity index (χ4v) is 6.10. The lowest BCUT2D eigenvalue weighted by Crippen LogP contribution is -2.53. The molecule has 1 aliphatic carbocycles. The Morgan fingerprint density at radius 1 is 1.04 bits per heavy atom. The summed E-state index contributed by atoms with van der Waals surface area (Å²) in [7, 11) is 0. The molecule has 2 atom stereocenters. The molecule has 0 bridgehead atoms. The minimum Gasteiger partial charge on any atom is -0.351 e. The molecule has 2 aliphatic rings. The van der Waals surface area contributed by atoms with E-state index in [1.807, 2.05) is 25.1 Å². The molecular formula is C34H32F2N6O3. The quantitative estimate of drug-likeness (QED) is 0.366. The molecule has 5 rings (SSSR count). The summed E-state index contributed by atoms with van der Waals surface area (Å²) in [6.07, 6.45) is 1.57. The van der Waals surface area contributed by atoms with E-state index in [0.29, 0.717) is 12.0 Å². The predicted octanol–water partition coefficient (Wildman–Crippen LogP) is 5.35. The van der Waals surface area contributed by atoms with Gasteiger partial charge >= 0.3 is 0 Å². The lowest BCUT2D eigenvalue weighted by atomic mass is 9.91. The van der Waals surface area contributed by atoms with Gasteiger partial charge in [0.2, 0.25) is 17.7 Å². The highest BCUT2D eigenvalue weighted by atomic mass is 19.3. The molecule has 45 heavy (non-hydrogen) atoms. The number of nitriles is 2. The summed E-state index contributed by atoms with van der Waals surface area (Å²) in [5.41, 5.74) is 2.11. The van der Waals surface area contributed by atoms with Crippen molar-refractivity contribution in [2.24, 2.45) is 0 Å². The molecule has 0 spiro atoms. The van der Waals surface area contributed by atoms with Gasteiger partial charge in [0.05, 0.1) is 23.3 Å². The Balaban J connectivity index is 1.63. The molecule has 1 aliphatic heterocycles. The van der Waals surface area contributed by atoms with E-state index in [2.05, 4.69) is 16.4 Å². The SMILES string of the molecule is CCc1ccccc1C(C(=O)NC1CCC(F)(F)CC1)N(C(=O)C1CCC(=O)N1c1cc(C#N)ccn1)c1cccc(C#N)c1. The summed E-state index contributed by atoms with van der Waals surface area (Å²) in [6, 6.07) is 17.7. The van der Waals surface area contributed by atoms with Gasteiger partial charge in [-0.1, -0.05) is 37.3 Å². The van der Waals surface area contributed by atoms with Crippen molar-refractivity contribution in [2.45, 2.75) is 75.9 Å². The Morgan fingerprint density at radius 3 is 2.47 bits per heavy atom. The number of anilines is 2.